The molecule has 3 aromatic rings. The maximum Gasteiger partial charge on any atom is 0.0702 e. The predicted octanol–water partition coefficient (Wildman–Crippen LogP) is 3.15. The summed E-state index contributed by atoms with van der Waals surface area (Å²) in [6, 6.07) is 10.6. The van der Waals surface area contributed by atoms with Crippen molar-refractivity contribution in [3.8, 4) is 0 Å². The maximum atomic E-state index is 4.43. The van der Waals surface area contributed by atoms with Crippen molar-refractivity contribution in [2.45, 2.75) is 25.9 Å². The second-order valence-electron chi connectivity index (χ2n) is 5.21. The average molecular weight is 280 g/mol. The Bertz CT molecular complexity index is 732. The summed E-state index contributed by atoms with van der Waals surface area (Å²) in [5, 5.41) is 8.97. The second kappa shape index (κ2) is 6.06. The summed E-state index contributed by atoms with van der Waals surface area (Å²) in [6.45, 7) is 3.12. The zero-order valence-electron chi connectivity index (χ0n) is 12.5. The molecule has 4 nitrogen and oxygen atoms in total. The van der Waals surface area contributed by atoms with Gasteiger partial charge in [-0.3, -0.25) is 9.67 Å². The smallest absolute Gasteiger partial charge is 0.0702 e. The standard InChI is InChI=1S/C17H20N4/c1-3-9-21-12-15(11-20-21)17(18-2)14-6-7-16-13(10-14)5-4-8-19-16/h4-8,10-12,17-18H,3,9H2,1-2H3. The van der Waals surface area contributed by atoms with E-state index in [2.05, 4.69) is 52.8 Å². The van der Waals surface area contributed by atoms with Crippen molar-refractivity contribution >= 4 is 10.9 Å². The molecule has 108 valence electrons. The number of hydrogen-bond acceptors (Lipinski definition) is 3. The highest BCUT2D eigenvalue weighted by atomic mass is 15.3. The lowest BCUT2D eigenvalue weighted by molar-refractivity contribution is 0.600. The van der Waals surface area contributed by atoms with E-state index in [0.717, 1.165) is 23.9 Å². The first-order valence-electron chi connectivity index (χ1n) is 7.36. The van der Waals surface area contributed by atoms with Crippen LogP contribution in [-0.4, -0.2) is 21.8 Å². The minimum absolute atomic E-state index is 0.153. The van der Waals surface area contributed by atoms with E-state index in [1.54, 1.807) is 0 Å². The van der Waals surface area contributed by atoms with Gasteiger partial charge in [-0.05, 0) is 37.2 Å². The number of nitrogens with one attached hydrogen (secondary N) is 1. The van der Waals surface area contributed by atoms with Crippen LogP contribution in [0.4, 0.5) is 0 Å². The summed E-state index contributed by atoms with van der Waals surface area (Å²) in [5.41, 5.74) is 3.45. The molecule has 0 saturated heterocycles. The van der Waals surface area contributed by atoms with Gasteiger partial charge in [0, 0.05) is 29.9 Å². The van der Waals surface area contributed by atoms with Gasteiger partial charge in [0.15, 0.2) is 0 Å². The summed E-state index contributed by atoms with van der Waals surface area (Å²) in [6.07, 6.45) is 6.99. The molecule has 0 aliphatic rings. The van der Waals surface area contributed by atoms with Crippen LogP contribution in [0.1, 0.15) is 30.5 Å². The molecule has 0 saturated carbocycles. The summed E-state index contributed by atoms with van der Waals surface area (Å²) in [5.74, 6) is 0. The molecular weight excluding hydrogens is 260 g/mol. The molecular formula is C17H20N4. The largest absolute Gasteiger partial charge is 0.309 e. The normalized spacial score (nSPS) is 12.7. The van der Waals surface area contributed by atoms with Crippen molar-refractivity contribution in [1.82, 2.24) is 20.1 Å². The van der Waals surface area contributed by atoms with Gasteiger partial charge in [-0.1, -0.05) is 19.1 Å². The van der Waals surface area contributed by atoms with E-state index in [9.17, 15) is 0 Å². The Morgan fingerprint density at radius 3 is 2.95 bits per heavy atom. The zero-order chi connectivity index (χ0) is 14.7. The van der Waals surface area contributed by atoms with Gasteiger partial charge in [0.05, 0.1) is 17.8 Å². The van der Waals surface area contributed by atoms with Gasteiger partial charge < -0.3 is 5.32 Å². The number of aryl methyl sites for hydroxylation is 1. The van der Waals surface area contributed by atoms with E-state index in [-0.39, 0.29) is 6.04 Å². The molecule has 0 aliphatic heterocycles. The highest BCUT2D eigenvalue weighted by Crippen LogP contribution is 2.24. The van der Waals surface area contributed by atoms with Crippen LogP contribution >= 0.6 is 0 Å². The number of pyridine rings is 1. The van der Waals surface area contributed by atoms with Crippen molar-refractivity contribution in [2.75, 3.05) is 7.05 Å². The Balaban J connectivity index is 1.96. The Hall–Kier alpha value is -2.20. The van der Waals surface area contributed by atoms with Crippen molar-refractivity contribution < 1.29 is 0 Å². The number of nitrogens with zero attached hydrogens (tertiary/aromatic N) is 3. The first kappa shape index (κ1) is 13.8. The number of fused-ring (bicyclic) bond motifs is 1. The molecule has 1 unspecified atom stereocenters. The van der Waals surface area contributed by atoms with Gasteiger partial charge in [-0.15, -0.1) is 0 Å². The van der Waals surface area contributed by atoms with Crippen molar-refractivity contribution in [3.05, 3.63) is 60.0 Å². The van der Waals surface area contributed by atoms with Crippen LogP contribution in [0.25, 0.3) is 10.9 Å². The lowest BCUT2D eigenvalue weighted by atomic mass is 10.00. The Kier molecular flexibility index (Phi) is 3.97. The van der Waals surface area contributed by atoms with Crippen LogP contribution in [0, 0.1) is 0 Å². The summed E-state index contributed by atoms with van der Waals surface area (Å²) in [4.78, 5) is 4.37. The summed E-state index contributed by atoms with van der Waals surface area (Å²) >= 11 is 0. The van der Waals surface area contributed by atoms with Gasteiger partial charge in [-0.25, -0.2) is 0 Å². The summed E-state index contributed by atoms with van der Waals surface area (Å²) < 4.78 is 2.00. The second-order valence-corrected chi connectivity index (χ2v) is 5.21. The molecule has 4 heteroatoms. The number of benzene rings is 1. The van der Waals surface area contributed by atoms with E-state index >= 15 is 0 Å². The van der Waals surface area contributed by atoms with Crippen molar-refractivity contribution in [3.63, 3.8) is 0 Å². The van der Waals surface area contributed by atoms with Gasteiger partial charge in [0.25, 0.3) is 0 Å². The van der Waals surface area contributed by atoms with Gasteiger partial charge in [-0.2, -0.15) is 5.10 Å². The first-order valence-corrected chi connectivity index (χ1v) is 7.36. The highest BCUT2D eigenvalue weighted by molar-refractivity contribution is 5.79. The molecule has 1 N–H and O–H groups in total. The fraction of sp³-hybridized carbons (Fsp3) is 0.294. The summed E-state index contributed by atoms with van der Waals surface area (Å²) in [7, 11) is 1.98. The minimum atomic E-state index is 0.153. The zero-order valence-corrected chi connectivity index (χ0v) is 12.5. The van der Waals surface area contributed by atoms with Crippen LogP contribution in [0.15, 0.2) is 48.9 Å². The van der Waals surface area contributed by atoms with Crippen molar-refractivity contribution in [1.29, 1.82) is 0 Å². The maximum absolute atomic E-state index is 4.43. The van der Waals surface area contributed by atoms with Crippen molar-refractivity contribution in [2.24, 2.45) is 0 Å². The number of rotatable bonds is 5. The van der Waals surface area contributed by atoms with E-state index < -0.39 is 0 Å². The SMILES string of the molecule is CCCn1cc(C(NC)c2ccc3ncccc3c2)cn1. The third-order valence-electron chi connectivity index (χ3n) is 3.69. The van der Waals surface area contributed by atoms with E-state index in [0.29, 0.717) is 0 Å². The molecule has 21 heavy (non-hydrogen) atoms. The number of aromatic nitrogens is 3. The fourth-order valence-electron chi connectivity index (χ4n) is 2.68. The lowest BCUT2D eigenvalue weighted by Gasteiger charge is -2.15. The van der Waals surface area contributed by atoms with E-state index in [4.69, 9.17) is 0 Å². The quantitative estimate of drug-likeness (QED) is 0.780. The van der Waals surface area contributed by atoms with E-state index in [1.807, 2.05) is 30.2 Å². The molecule has 1 atom stereocenters. The Morgan fingerprint density at radius 1 is 1.24 bits per heavy atom. The third kappa shape index (κ3) is 2.81. The molecule has 3 rings (SSSR count). The van der Waals surface area contributed by atoms with Crippen LogP contribution in [0.5, 0.6) is 0 Å². The van der Waals surface area contributed by atoms with Crippen LogP contribution in [-0.2, 0) is 6.54 Å². The Labute approximate surface area is 124 Å². The topological polar surface area (TPSA) is 42.7 Å². The monoisotopic (exact) mass is 280 g/mol. The van der Waals surface area contributed by atoms with E-state index in [1.165, 1.54) is 11.1 Å². The highest BCUT2D eigenvalue weighted by Gasteiger charge is 2.14. The number of hydrogen-bond donors (Lipinski definition) is 1. The molecule has 0 bridgehead atoms. The van der Waals surface area contributed by atoms with Crippen LogP contribution < -0.4 is 5.32 Å². The predicted molar refractivity (Wildman–Crippen MR) is 85.2 cm³/mol. The molecule has 0 aliphatic carbocycles. The molecule has 2 aromatic heterocycles. The lowest BCUT2D eigenvalue weighted by Crippen LogP contribution is -2.17. The van der Waals surface area contributed by atoms with Gasteiger partial charge >= 0.3 is 0 Å². The molecule has 0 spiro atoms. The fourth-order valence-corrected chi connectivity index (χ4v) is 2.68. The molecule has 2 heterocycles. The van der Waals surface area contributed by atoms with Crippen LogP contribution in [0.2, 0.25) is 0 Å². The van der Waals surface area contributed by atoms with Crippen LogP contribution in [0.3, 0.4) is 0 Å². The molecule has 1 aromatic carbocycles. The third-order valence-corrected chi connectivity index (χ3v) is 3.69. The molecule has 0 radical (unpaired) electrons. The molecule has 0 fully saturated rings. The Morgan fingerprint density at radius 2 is 2.14 bits per heavy atom. The average Bonchev–Trinajstić information content (AvgIpc) is 2.97. The first-order chi connectivity index (χ1) is 10.3. The van der Waals surface area contributed by atoms with Gasteiger partial charge in [0.1, 0.15) is 0 Å². The minimum Gasteiger partial charge on any atom is -0.309 e. The molecule has 0 amide bonds. The van der Waals surface area contributed by atoms with Gasteiger partial charge in [0.2, 0.25) is 0 Å².